The molecule has 2 rings (SSSR count). The summed E-state index contributed by atoms with van der Waals surface area (Å²) in [5.41, 5.74) is -0.400. The fourth-order valence-electron chi connectivity index (χ4n) is 2.78. The molecule has 1 atom stereocenters. The second kappa shape index (κ2) is 7.75. The first-order valence-electron chi connectivity index (χ1n) is 8.26. The summed E-state index contributed by atoms with van der Waals surface area (Å²) >= 11 is 0. The van der Waals surface area contributed by atoms with Crippen LogP contribution in [0.5, 0.6) is 0 Å². The van der Waals surface area contributed by atoms with Gasteiger partial charge in [0.25, 0.3) is 0 Å². The highest BCUT2D eigenvalue weighted by atomic mass is 16.5. The van der Waals surface area contributed by atoms with E-state index in [1.807, 2.05) is 30.3 Å². The number of aliphatic hydroxyl groups is 1. The summed E-state index contributed by atoms with van der Waals surface area (Å²) in [6, 6.07) is 9.66. The van der Waals surface area contributed by atoms with Gasteiger partial charge in [0.2, 0.25) is 0 Å². The Morgan fingerprint density at radius 1 is 1.27 bits per heavy atom. The second-order valence-electron chi connectivity index (χ2n) is 6.02. The summed E-state index contributed by atoms with van der Waals surface area (Å²) in [5.74, 6) is -0.431. The molecule has 4 heteroatoms. The number of carbonyl (C=O) groups excluding carboxylic acids is 1. The number of nitrogens with zero attached hydrogens (tertiary/aromatic N) is 1. The minimum Gasteiger partial charge on any atom is -0.462 e. The van der Waals surface area contributed by atoms with Crippen molar-refractivity contribution in [3.8, 4) is 0 Å². The van der Waals surface area contributed by atoms with Crippen LogP contribution in [0.2, 0.25) is 0 Å². The second-order valence-corrected chi connectivity index (χ2v) is 6.02. The quantitative estimate of drug-likeness (QED) is 0.711. The van der Waals surface area contributed by atoms with Crippen LogP contribution in [0.3, 0.4) is 0 Å². The Labute approximate surface area is 133 Å². The van der Waals surface area contributed by atoms with Crippen molar-refractivity contribution in [3.05, 3.63) is 35.9 Å². The zero-order valence-electron chi connectivity index (χ0n) is 13.6. The third-order valence-electron chi connectivity index (χ3n) is 4.46. The highest BCUT2D eigenvalue weighted by molar-refractivity contribution is 5.80. The lowest BCUT2D eigenvalue weighted by molar-refractivity contribution is -0.168. The maximum Gasteiger partial charge on any atom is 0.338 e. The number of hydrogen-bond acceptors (Lipinski definition) is 4. The summed E-state index contributed by atoms with van der Waals surface area (Å²) in [6.45, 7) is 7.09. The molecule has 122 valence electrons. The monoisotopic (exact) mass is 305 g/mol. The van der Waals surface area contributed by atoms with E-state index in [2.05, 4.69) is 18.7 Å². The van der Waals surface area contributed by atoms with Gasteiger partial charge in [-0.15, -0.1) is 0 Å². The standard InChI is InChI=1S/C18H27NO3/c1-3-19(4-2)12-13-22-17(20)18(21,16-10-11-16)14-15-8-6-5-7-9-15/h5-9,16,21H,3-4,10-14H2,1-2H3. The molecule has 1 saturated carbocycles. The van der Waals surface area contributed by atoms with Crippen molar-refractivity contribution in [1.29, 1.82) is 0 Å². The third kappa shape index (κ3) is 4.31. The smallest absolute Gasteiger partial charge is 0.338 e. The number of hydrogen-bond donors (Lipinski definition) is 1. The highest BCUT2D eigenvalue weighted by Gasteiger charge is 2.50. The zero-order valence-corrected chi connectivity index (χ0v) is 13.6. The lowest BCUT2D eigenvalue weighted by Gasteiger charge is -2.27. The molecule has 1 N–H and O–H groups in total. The van der Waals surface area contributed by atoms with Crippen molar-refractivity contribution in [1.82, 2.24) is 4.90 Å². The molecule has 0 aliphatic heterocycles. The van der Waals surface area contributed by atoms with Crippen molar-refractivity contribution < 1.29 is 14.6 Å². The summed E-state index contributed by atoms with van der Waals surface area (Å²) in [5, 5.41) is 10.9. The van der Waals surface area contributed by atoms with Gasteiger partial charge in [-0.3, -0.25) is 0 Å². The minimum absolute atomic E-state index is 0.0358. The molecule has 4 nitrogen and oxygen atoms in total. The first-order chi connectivity index (χ1) is 10.6. The molecule has 1 fully saturated rings. The molecular formula is C18H27NO3. The molecule has 0 radical (unpaired) electrons. The van der Waals surface area contributed by atoms with Crippen LogP contribution >= 0.6 is 0 Å². The topological polar surface area (TPSA) is 49.8 Å². The van der Waals surface area contributed by atoms with Gasteiger partial charge in [-0.1, -0.05) is 44.2 Å². The Bertz CT molecular complexity index is 468. The molecule has 0 saturated heterocycles. The fraction of sp³-hybridized carbons (Fsp3) is 0.611. The maximum atomic E-state index is 12.4. The van der Waals surface area contributed by atoms with Gasteiger partial charge in [0.1, 0.15) is 6.61 Å². The number of likely N-dealkylation sites (N-methyl/N-ethyl adjacent to an activating group) is 1. The zero-order chi connectivity index (χ0) is 16.0. The predicted molar refractivity (Wildman–Crippen MR) is 86.6 cm³/mol. The molecule has 0 amide bonds. The van der Waals surface area contributed by atoms with E-state index in [0.29, 0.717) is 19.6 Å². The Morgan fingerprint density at radius 3 is 2.45 bits per heavy atom. The Morgan fingerprint density at radius 2 is 1.91 bits per heavy atom. The lowest BCUT2D eigenvalue weighted by atomic mass is 9.90. The van der Waals surface area contributed by atoms with Gasteiger partial charge in [0.15, 0.2) is 5.60 Å². The average Bonchev–Trinajstić information content (AvgIpc) is 3.37. The minimum atomic E-state index is -1.37. The molecule has 1 aliphatic rings. The van der Waals surface area contributed by atoms with Crippen LogP contribution < -0.4 is 0 Å². The van der Waals surface area contributed by atoms with Crippen LogP contribution in [0.4, 0.5) is 0 Å². The van der Waals surface area contributed by atoms with Crippen LogP contribution in [0, 0.1) is 5.92 Å². The van der Waals surface area contributed by atoms with E-state index in [9.17, 15) is 9.90 Å². The van der Waals surface area contributed by atoms with Gasteiger partial charge in [0, 0.05) is 13.0 Å². The van der Waals surface area contributed by atoms with E-state index in [4.69, 9.17) is 4.74 Å². The van der Waals surface area contributed by atoms with Gasteiger partial charge in [-0.25, -0.2) is 4.79 Å². The van der Waals surface area contributed by atoms with Crippen molar-refractivity contribution in [2.75, 3.05) is 26.2 Å². The fourth-order valence-corrected chi connectivity index (χ4v) is 2.78. The number of carbonyl (C=O) groups is 1. The highest BCUT2D eigenvalue weighted by Crippen LogP contribution is 2.42. The number of esters is 1. The molecular weight excluding hydrogens is 278 g/mol. The van der Waals surface area contributed by atoms with Crippen molar-refractivity contribution >= 4 is 5.97 Å². The third-order valence-corrected chi connectivity index (χ3v) is 4.46. The summed E-state index contributed by atoms with van der Waals surface area (Å²) in [4.78, 5) is 14.6. The summed E-state index contributed by atoms with van der Waals surface area (Å²) in [6.07, 6.45) is 2.13. The van der Waals surface area contributed by atoms with Gasteiger partial charge in [-0.2, -0.15) is 0 Å². The van der Waals surface area contributed by atoms with Crippen molar-refractivity contribution in [3.63, 3.8) is 0 Å². The van der Waals surface area contributed by atoms with Crippen LogP contribution in [0.1, 0.15) is 32.3 Å². The SMILES string of the molecule is CCN(CC)CCOC(=O)C(O)(Cc1ccccc1)C1CC1. The van der Waals surface area contributed by atoms with E-state index in [1.165, 1.54) is 0 Å². The first kappa shape index (κ1) is 17.0. The first-order valence-corrected chi connectivity index (χ1v) is 8.26. The van der Waals surface area contributed by atoms with Crippen LogP contribution in [-0.2, 0) is 16.0 Å². The van der Waals surface area contributed by atoms with E-state index in [-0.39, 0.29) is 5.92 Å². The molecule has 0 aromatic heterocycles. The number of ether oxygens (including phenoxy) is 1. The van der Waals surface area contributed by atoms with Crippen molar-refractivity contribution in [2.45, 2.75) is 38.7 Å². The van der Waals surface area contributed by atoms with Crippen LogP contribution in [0.25, 0.3) is 0 Å². The van der Waals surface area contributed by atoms with Gasteiger partial charge in [-0.05, 0) is 37.4 Å². The Balaban J connectivity index is 1.93. The maximum absolute atomic E-state index is 12.4. The van der Waals surface area contributed by atoms with Gasteiger partial charge < -0.3 is 14.7 Å². The molecule has 1 aromatic carbocycles. The largest absolute Gasteiger partial charge is 0.462 e. The molecule has 1 aliphatic carbocycles. The lowest BCUT2D eigenvalue weighted by Crippen LogP contribution is -2.45. The molecule has 1 unspecified atom stereocenters. The van der Waals surface area contributed by atoms with E-state index in [0.717, 1.165) is 31.5 Å². The molecule has 0 heterocycles. The van der Waals surface area contributed by atoms with E-state index >= 15 is 0 Å². The molecule has 0 bridgehead atoms. The van der Waals surface area contributed by atoms with Crippen LogP contribution in [-0.4, -0.2) is 47.8 Å². The van der Waals surface area contributed by atoms with Gasteiger partial charge >= 0.3 is 5.97 Å². The van der Waals surface area contributed by atoms with Crippen LogP contribution in [0.15, 0.2) is 30.3 Å². The average molecular weight is 305 g/mol. The Hall–Kier alpha value is -1.39. The summed E-state index contributed by atoms with van der Waals surface area (Å²) in [7, 11) is 0. The van der Waals surface area contributed by atoms with E-state index in [1.54, 1.807) is 0 Å². The number of rotatable bonds is 9. The molecule has 1 aromatic rings. The Kier molecular flexibility index (Phi) is 5.98. The normalized spacial score (nSPS) is 17.3. The predicted octanol–water partition coefficient (Wildman–Crippen LogP) is 2.26. The van der Waals surface area contributed by atoms with E-state index < -0.39 is 11.6 Å². The molecule has 0 spiro atoms. The number of benzene rings is 1. The summed E-state index contributed by atoms with van der Waals surface area (Å²) < 4.78 is 5.38. The molecule has 22 heavy (non-hydrogen) atoms. The van der Waals surface area contributed by atoms with Gasteiger partial charge in [0.05, 0.1) is 0 Å². The van der Waals surface area contributed by atoms with Crippen molar-refractivity contribution in [2.24, 2.45) is 5.92 Å².